The largest absolute Gasteiger partial charge is 0.398 e. The number of benzene rings is 1. The van der Waals surface area contributed by atoms with Crippen molar-refractivity contribution in [2.75, 3.05) is 17.6 Å². The fourth-order valence-electron chi connectivity index (χ4n) is 5.22. The van der Waals surface area contributed by atoms with Gasteiger partial charge in [-0.15, -0.1) is 11.3 Å². The summed E-state index contributed by atoms with van der Waals surface area (Å²) in [4.78, 5) is 10.0. The minimum atomic E-state index is -0.446. The van der Waals surface area contributed by atoms with E-state index in [9.17, 15) is 0 Å². The Morgan fingerprint density at radius 2 is 1.95 bits per heavy atom. The van der Waals surface area contributed by atoms with Crippen LogP contribution < -0.4 is 16.4 Å². The summed E-state index contributed by atoms with van der Waals surface area (Å²) in [5, 5.41) is 8.82. The molecule has 5 rings (SSSR count). The fraction of sp³-hybridized carbons (Fsp3) is 0.250. The van der Waals surface area contributed by atoms with E-state index in [1.807, 2.05) is 36.7 Å². The number of anilines is 2. The van der Waals surface area contributed by atoms with Crippen LogP contribution in [-0.4, -0.2) is 16.5 Å². The van der Waals surface area contributed by atoms with Crippen LogP contribution in [0.5, 0.6) is 0 Å². The Morgan fingerprint density at radius 3 is 2.72 bits per heavy atom. The van der Waals surface area contributed by atoms with E-state index in [4.69, 9.17) is 5.73 Å². The molecule has 1 saturated carbocycles. The lowest BCUT2D eigenvalue weighted by molar-refractivity contribution is 0.489. The maximum atomic E-state index is 16.0. The van der Waals surface area contributed by atoms with Gasteiger partial charge in [0.2, 0.25) is 0 Å². The predicted octanol–water partition coefficient (Wildman–Crippen LogP) is 7.82. The zero-order valence-electron chi connectivity index (χ0n) is 22.3. The first-order chi connectivity index (χ1) is 18.9. The Kier molecular flexibility index (Phi) is 8.19. The number of thiophene rings is 1. The molecule has 0 atom stereocenters. The molecule has 0 spiro atoms. The van der Waals surface area contributed by atoms with Gasteiger partial charge in [0.25, 0.3) is 0 Å². The van der Waals surface area contributed by atoms with Crippen LogP contribution in [0.1, 0.15) is 42.4 Å². The van der Waals surface area contributed by atoms with Gasteiger partial charge < -0.3 is 16.4 Å². The zero-order chi connectivity index (χ0) is 27.4. The average molecular weight is 540 g/mol. The van der Waals surface area contributed by atoms with Gasteiger partial charge in [0.15, 0.2) is 0 Å². The predicted molar refractivity (Wildman–Crippen MR) is 162 cm³/mol. The summed E-state index contributed by atoms with van der Waals surface area (Å²) in [6.07, 6.45) is 10.5. The number of nitrogens with zero attached hydrogens (tertiary/aromatic N) is 2. The molecule has 39 heavy (non-hydrogen) atoms. The number of rotatable bonds is 10. The molecule has 0 aliphatic heterocycles. The number of halogens is 1. The van der Waals surface area contributed by atoms with E-state index in [-0.39, 0.29) is 5.56 Å². The number of nitrogens with two attached hydrogens (primary N) is 1. The molecule has 3 aromatic heterocycles. The molecule has 5 nitrogen and oxygen atoms in total. The van der Waals surface area contributed by atoms with Gasteiger partial charge in [-0.3, -0.25) is 4.98 Å². The number of aromatic nitrogens is 2. The van der Waals surface area contributed by atoms with Gasteiger partial charge >= 0.3 is 0 Å². The van der Waals surface area contributed by atoms with Crippen LogP contribution >= 0.6 is 11.3 Å². The number of hydrogen-bond acceptors (Lipinski definition) is 6. The molecule has 3 heterocycles. The highest BCUT2D eigenvalue weighted by molar-refractivity contribution is 7.13. The molecule has 0 saturated heterocycles. The molecule has 1 fully saturated rings. The van der Waals surface area contributed by atoms with E-state index in [2.05, 4.69) is 39.8 Å². The van der Waals surface area contributed by atoms with Crippen LogP contribution in [-0.2, 0) is 6.54 Å². The SMILES string of the molecule is C=C(Nc1nccc(-c2cccs2)c1C)C(=C)c1c(N)ccc(-c2cncc(CNCC3CCCC3)c2)c1F. The summed E-state index contributed by atoms with van der Waals surface area (Å²) < 4.78 is 16.0. The van der Waals surface area contributed by atoms with Gasteiger partial charge in [-0.1, -0.05) is 32.1 Å². The smallest absolute Gasteiger partial charge is 0.141 e. The van der Waals surface area contributed by atoms with E-state index in [1.165, 1.54) is 25.7 Å². The summed E-state index contributed by atoms with van der Waals surface area (Å²) in [6, 6.07) is 11.5. The Labute approximate surface area is 233 Å². The Morgan fingerprint density at radius 1 is 1.13 bits per heavy atom. The third kappa shape index (κ3) is 5.95. The zero-order valence-corrected chi connectivity index (χ0v) is 23.1. The van der Waals surface area contributed by atoms with Gasteiger partial charge in [0.05, 0.1) is 0 Å². The van der Waals surface area contributed by atoms with E-state index in [1.54, 1.807) is 35.9 Å². The normalized spacial score (nSPS) is 13.5. The summed E-state index contributed by atoms with van der Waals surface area (Å²) in [5.41, 5.74) is 11.8. The van der Waals surface area contributed by atoms with Crippen molar-refractivity contribution >= 4 is 28.4 Å². The molecule has 4 aromatic rings. The van der Waals surface area contributed by atoms with E-state index in [0.29, 0.717) is 40.4 Å². The third-order valence-electron chi connectivity index (χ3n) is 7.44. The fourth-order valence-corrected chi connectivity index (χ4v) is 6.03. The molecule has 4 N–H and O–H groups in total. The number of hydrogen-bond donors (Lipinski definition) is 3. The Bertz CT molecular complexity index is 1490. The number of nitrogens with one attached hydrogen (secondary N) is 2. The van der Waals surface area contributed by atoms with Gasteiger partial charge in [-0.2, -0.15) is 0 Å². The minimum Gasteiger partial charge on any atom is -0.398 e. The molecule has 0 amide bonds. The van der Waals surface area contributed by atoms with Crippen molar-refractivity contribution in [2.45, 2.75) is 39.2 Å². The van der Waals surface area contributed by atoms with Gasteiger partial charge in [-0.25, -0.2) is 9.37 Å². The first-order valence-corrected chi connectivity index (χ1v) is 14.2. The highest BCUT2D eigenvalue weighted by Crippen LogP contribution is 2.36. The Hall–Kier alpha value is -3.81. The first-order valence-electron chi connectivity index (χ1n) is 13.3. The highest BCUT2D eigenvalue weighted by atomic mass is 32.1. The van der Waals surface area contributed by atoms with Crippen LogP contribution in [0, 0.1) is 18.7 Å². The third-order valence-corrected chi connectivity index (χ3v) is 8.35. The Balaban J connectivity index is 1.35. The van der Waals surface area contributed by atoms with Crippen molar-refractivity contribution in [1.29, 1.82) is 0 Å². The number of pyridine rings is 2. The molecule has 0 unspecified atom stereocenters. The maximum Gasteiger partial charge on any atom is 0.141 e. The molecule has 0 bridgehead atoms. The number of nitrogen functional groups attached to an aromatic ring is 1. The van der Waals surface area contributed by atoms with Crippen LogP contribution in [0.2, 0.25) is 0 Å². The standard InChI is InChI=1S/C32H34FN5S/c1-20(22(3)38-32-21(2)26(12-13-37-32)29-9-6-14-39-29)30-28(34)11-10-27(31(30)33)25-15-24(18-36-19-25)17-35-16-23-7-4-5-8-23/h6,9-15,18-19,23,35H,1,3-5,7-8,16-17,34H2,2H3,(H,37,38). The molecule has 0 radical (unpaired) electrons. The summed E-state index contributed by atoms with van der Waals surface area (Å²) in [5.74, 6) is 0.949. The lowest BCUT2D eigenvalue weighted by atomic mass is 9.96. The second-order valence-corrected chi connectivity index (χ2v) is 11.1. The topological polar surface area (TPSA) is 75.9 Å². The van der Waals surface area contributed by atoms with Crippen LogP contribution in [0.3, 0.4) is 0 Å². The van der Waals surface area contributed by atoms with Crippen molar-refractivity contribution in [1.82, 2.24) is 15.3 Å². The molecule has 1 aromatic carbocycles. The van der Waals surface area contributed by atoms with Crippen molar-refractivity contribution in [2.24, 2.45) is 5.92 Å². The average Bonchev–Trinajstić information content (AvgIpc) is 3.65. The first kappa shape index (κ1) is 26.8. The molecule has 200 valence electrons. The summed E-state index contributed by atoms with van der Waals surface area (Å²) in [7, 11) is 0. The lowest BCUT2D eigenvalue weighted by Crippen LogP contribution is -2.20. The highest BCUT2D eigenvalue weighted by Gasteiger charge is 2.19. The molecular formula is C32H34FN5S. The van der Waals surface area contributed by atoms with Gasteiger partial charge in [0, 0.05) is 69.2 Å². The van der Waals surface area contributed by atoms with E-state index >= 15 is 4.39 Å². The van der Waals surface area contributed by atoms with Crippen LogP contribution in [0.15, 0.2) is 79.2 Å². The molecule has 1 aliphatic rings. The maximum absolute atomic E-state index is 16.0. The minimum absolute atomic E-state index is 0.224. The van der Waals surface area contributed by atoms with Crippen LogP contribution in [0.25, 0.3) is 27.1 Å². The molecular weight excluding hydrogens is 505 g/mol. The number of allylic oxidation sites excluding steroid dienone is 1. The second-order valence-electron chi connectivity index (χ2n) is 10.1. The summed E-state index contributed by atoms with van der Waals surface area (Å²) in [6.45, 7) is 12.0. The monoisotopic (exact) mass is 539 g/mol. The van der Waals surface area contributed by atoms with Crippen molar-refractivity contribution in [3.63, 3.8) is 0 Å². The van der Waals surface area contributed by atoms with Crippen molar-refractivity contribution in [3.8, 4) is 21.6 Å². The molecule has 7 heteroatoms. The van der Waals surface area contributed by atoms with E-state index in [0.717, 1.165) is 34.0 Å². The van der Waals surface area contributed by atoms with Crippen molar-refractivity contribution in [3.05, 3.63) is 102 Å². The van der Waals surface area contributed by atoms with Gasteiger partial charge in [0.1, 0.15) is 11.6 Å². The second kappa shape index (κ2) is 11.9. The van der Waals surface area contributed by atoms with E-state index < -0.39 is 5.82 Å². The molecule has 1 aliphatic carbocycles. The quantitative estimate of drug-likeness (QED) is 0.141. The van der Waals surface area contributed by atoms with Crippen LogP contribution in [0.4, 0.5) is 15.9 Å². The van der Waals surface area contributed by atoms with Gasteiger partial charge in [-0.05, 0) is 79.1 Å². The lowest BCUT2D eigenvalue weighted by Gasteiger charge is -2.18. The summed E-state index contributed by atoms with van der Waals surface area (Å²) >= 11 is 1.66. The van der Waals surface area contributed by atoms with Crippen molar-refractivity contribution < 1.29 is 4.39 Å².